The predicted molar refractivity (Wildman–Crippen MR) is 219 cm³/mol. The van der Waals surface area contributed by atoms with Crippen molar-refractivity contribution in [3.05, 3.63) is 176 Å². The summed E-state index contributed by atoms with van der Waals surface area (Å²) in [7, 11) is 0. The Balaban J connectivity index is 1.18. The van der Waals surface area contributed by atoms with Crippen LogP contribution in [0.5, 0.6) is 0 Å². The zero-order valence-corrected chi connectivity index (χ0v) is 28.9. The molecule has 0 saturated heterocycles. The predicted octanol–water partition coefficient (Wildman–Crippen LogP) is 13.2. The zero-order valence-electron chi connectivity index (χ0n) is 28.9. The lowest BCUT2D eigenvalue weighted by atomic mass is 9.94. The molecule has 3 aromatic heterocycles. The van der Waals surface area contributed by atoms with Gasteiger partial charge in [0.15, 0.2) is 17.5 Å². The molecule has 0 unspecified atom stereocenters. The molecule has 8 aromatic carbocycles. The van der Waals surface area contributed by atoms with Crippen molar-refractivity contribution < 1.29 is 8.83 Å². The Kier molecular flexibility index (Phi) is 6.79. The minimum absolute atomic E-state index is 0.562. The summed E-state index contributed by atoms with van der Waals surface area (Å²) < 4.78 is 12.8. The average molecular weight is 692 g/mol. The van der Waals surface area contributed by atoms with Crippen molar-refractivity contribution in [2.24, 2.45) is 0 Å². The highest BCUT2D eigenvalue weighted by atomic mass is 16.3. The highest BCUT2D eigenvalue weighted by Crippen LogP contribution is 2.43. The summed E-state index contributed by atoms with van der Waals surface area (Å²) in [5.74, 6) is 1.75. The smallest absolute Gasteiger partial charge is 0.165 e. The van der Waals surface area contributed by atoms with E-state index in [0.29, 0.717) is 17.5 Å². The first-order valence-corrected chi connectivity index (χ1v) is 18.0. The van der Waals surface area contributed by atoms with Gasteiger partial charge in [0.05, 0.1) is 0 Å². The second kappa shape index (κ2) is 12.1. The van der Waals surface area contributed by atoms with E-state index >= 15 is 0 Å². The molecule has 5 heteroatoms. The maximum Gasteiger partial charge on any atom is 0.165 e. The summed E-state index contributed by atoms with van der Waals surface area (Å²) in [5, 5.41) is 6.39. The summed E-state index contributed by atoms with van der Waals surface area (Å²) >= 11 is 0. The van der Waals surface area contributed by atoms with E-state index in [2.05, 4.69) is 127 Å². The van der Waals surface area contributed by atoms with Crippen molar-refractivity contribution in [1.29, 1.82) is 0 Å². The fourth-order valence-electron chi connectivity index (χ4n) is 7.70. The molecule has 0 aliphatic heterocycles. The first-order chi connectivity index (χ1) is 26.7. The van der Waals surface area contributed by atoms with E-state index in [9.17, 15) is 0 Å². The minimum atomic E-state index is 0.562. The topological polar surface area (TPSA) is 65.0 Å². The first kappa shape index (κ1) is 30.3. The Bertz CT molecular complexity index is 3210. The Morgan fingerprint density at radius 2 is 0.889 bits per heavy atom. The third-order valence-electron chi connectivity index (χ3n) is 10.4. The largest absolute Gasteiger partial charge is 0.456 e. The summed E-state index contributed by atoms with van der Waals surface area (Å²) in [6.07, 6.45) is 0. The van der Waals surface area contributed by atoms with Gasteiger partial charge in [-0.3, -0.25) is 0 Å². The lowest BCUT2D eigenvalue weighted by Gasteiger charge is -2.14. The van der Waals surface area contributed by atoms with E-state index in [1.165, 1.54) is 0 Å². The molecule has 0 atom stereocenters. The second-order valence-electron chi connectivity index (χ2n) is 13.6. The quantitative estimate of drug-likeness (QED) is 0.180. The maximum atomic E-state index is 6.46. The van der Waals surface area contributed by atoms with Gasteiger partial charge in [-0.15, -0.1) is 0 Å². The van der Waals surface area contributed by atoms with Crippen molar-refractivity contribution in [3.8, 4) is 56.4 Å². The van der Waals surface area contributed by atoms with Gasteiger partial charge in [0.25, 0.3) is 0 Å². The summed E-state index contributed by atoms with van der Waals surface area (Å²) in [4.78, 5) is 15.7. The van der Waals surface area contributed by atoms with Crippen LogP contribution in [0.1, 0.15) is 0 Å². The van der Waals surface area contributed by atoms with Crippen LogP contribution >= 0.6 is 0 Å². The highest BCUT2D eigenvalue weighted by molar-refractivity contribution is 6.16. The number of aromatic nitrogens is 3. The van der Waals surface area contributed by atoms with Crippen molar-refractivity contribution >= 4 is 54.6 Å². The normalized spacial score (nSPS) is 11.7. The van der Waals surface area contributed by atoms with Gasteiger partial charge in [-0.2, -0.15) is 0 Å². The van der Waals surface area contributed by atoms with Gasteiger partial charge < -0.3 is 8.83 Å². The number of furan rings is 2. The number of benzene rings is 8. The molecule has 0 radical (unpaired) electrons. The van der Waals surface area contributed by atoms with Crippen molar-refractivity contribution in [2.45, 2.75) is 0 Å². The molecule has 54 heavy (non-hydrogen) atoms. The zero-order chi connectivity index (χ0) is 35.6. The number of rotatable bonds is 5. The molecule has 11 aromatic rings. The molecule has 3 heterocycles. The number of fused-ring (bicyclic) bond motifs is 7. The fourth-order valence-corrected chi connectivity index (χ4v) is 7.70. The van der Waals surface area contributed by atoms with Crippen LogP contribution in [0.25, 0.3) is 111 Å². The van der Waals surface area contributed by atoms with E-state index in [0.717, 1.165) is 93.6 Å². The van der Waals surface area contributed by atoms with Gasteiger partial charge in [-0.25, -0.2) is 15.0 Å². The molecule has 0 N–H and O–H groups in total. The minimum Gasteiger partial charge on any atom is -0.456 e. The second-order valence-corrected chi connectivity index (χ2v) is 13.6. The van der Waals surface area contributed by atoms with Crippen molar-refractivity contribution in [1.82, 2.24) is 15.0 Å². The van der Waals surface area contributed by atoms with E-state index < -0.39 is 0 Å². The van der Waals surface area contributed by atoms with E-state index in [-0.39, 0.29) is 0 Å². The summed E-state index contributed by atoms with van der Waals surface area (Å²) in [6, 6.07) is 60.4. The van der Waals surface area contributed by atoms with Crippen LogP contribution in [-0.2, 0) is 0 Å². The van der Waals surface area contributed by atoms with Crippen LogP contribution in [0.3, 0.4) is 0 Å². The number of nitrogens with zero attached hydrogens (tertiary/aromatic N) is 3. The van der Waals surface area contributed by atoms with Crippen LogP contribution in [0.2, 0.25) is 0 Å². The van der Waals surface area contributed by atoms with Gasteiger partial charge in [0, 0.05) is 38.2 Å². The monoisotopic (exact) mass is 691 g/mol. The third-order valence-corrected chi connectivity index (χ3v) is 10.4. The van der Waals surface area contributed by atoms with Crippen LogP contribution < -0.4 is 0 Å². The molecule has 0 spiro atoms. The molecule has 0 amide bonds. The molecule has 5 nitrogen and oxygen atoms in total. The Morgan fingerprint density at radius 1 is 0.315 bits per heavy atom. The first-order valence-electron chi connectivity index (χ1n) is 18.0. The number of para-hydroxylation sites is 2. The molecule has 0 aliphatic rings. The Hall–Kier alpha value is -7.37. The third kappa shape index (κ3) is 4.98. The molecule has 0 fully saturated rings. The molecular formula is C49H29N3O2. The maximum absolute atomic E-state index is 6.46. The molecule has 0 aliphatic carbocycles. The standard InChI is InChI=1S/C49H29N3O2/c1-2-10-30(11-3-1)32-18-21-33(22-19-32)47-50-48(36-23-20-31-12-4-5-13-34(31)28-36)52-49(51-47)46-37(26-27-43-45(46)40-15-7-9-17-42(40)53-43)35-24-25-39-38-14-6-8-16-41(38)54-44(39)29-35/h1-29H. The van der Waals surface area contributed by atoms with Gasteiger partial charge in [0.2, 0.25) is 0 Å². The van der Waals surface area contributed by atoms with Crippen molar-refractivity contribution in [2.75, 3.05) is 0 Å². The molecule has 0 bridgehead atoms. The Labute approximate surface area is 309 Å². The van der Waals surface area contributed by atoms with E-state index in [1.807, 2.05) is 48.5 Å². The van der Waals surface area contributed by atoms with Gasteiger partial charge >= 0.3 is 0 Å². The summed E-state index contributed by atoms with van der Waals surface area (Å²) in [5.41, 5.74) is 10.2. The van der Waals surface area contributed by atoms with Crippen LogP contribution in [0, 0.1) is 0 Å². The van der Waals surface area contributed by atoms with Crippen LogP contribution in [0.4, 0.5) is 0 Å². The number of hydrogen-bond donors (Lipinski definition) is 0. The van der Waals surface area contributed by atoms with Crippen molar-refractivity contribution in [3.63, 3.8) is 0 Å². The van der Waals surface area contributed by atoms with E-state index in [4.69, 9.17) is 23.8 Å². The number of hydrogen-bond acceptors (Lipinski definition) is 5. The highest BCUT2D eigenvalue weighted by Gasteiger charge is 2.23. The van der Waals surface area contributed by atoms with E-state index in [1.54, 1.807) is 0 Å². The SMILES string of the molecule is c1ccc(-c2ccc(-c3nc(-c4ccc5ccccc5c4)nc(-c4c(-c5ccc6c(c5)oc5ccccc56)ccc5oc6ccccc6c45)n3)cc2)cc1. The Morgan fingerprint density at radius 3 is 1.72 bits per heavy atom. The lowest BCUT2D eigenvalue weighted by molar-refractivity contribution is 0.669. The molecular weight excluding hydrogens is 663 g/mol. The van der Waals surface area contributed by atoms with Gasteiger partial charge in [0.1, 0.15) is 22.3 Å². The lowest BCUT2D eigenvalue weighted by Crippen LogP contribution is -2.01. The molecule has 0 saturated carbocycles. The van der Waals surface area contributed by atoms with Crippen LogP contribution in [0.15, 0.2) is 185 Å². The van der Waals surface area contributed by atoms with Gasteiger partial charge in [-0.05, 0) is 75.5 Å². The van der Waals surface area contributed by atoms with Crippen LogP contribution in [-0.4, -0.2) is 15.0 Å². The fraction of sp³-hybridized carbons (Fsp3) is 0. The average Bonchev–Trinajstić information content (AvgIpc) is 3.81. The molecule has 252 valence electrons. The molecule has 11 rings (SSSR count). The summed E-state index contributed by atoms with van der Waals surface area (Å²) in [6.45, 7) is 0. The van der Waals surface area contributed by atoms with Gasteiger partial charge in [-0.1, -0.05) is 133 Å².